The van der Waals surface area contributed by atoms with Crippen molar-refractivity contribution >= 4 is 0 Å². The highest BCUT2D eigenvalue weighted by Crippen LogP contribution is 1.89. The molecule has 0 aromatic rings. The molecule has 0 fully saturated rings. The van der Waals surface area contributed by atoms with E-state index in [2.05, 4.69) is 5.48 Å². The van der Waals surface area contributed by atoms with Crippen LogP contribution in [0.15, 0.2) is 12.2 Å². The van der Waals surface area contributed by atoms with Crippen LogP contribution in [0.1, 0.15) is 0 Å². The molecule has 8 heavy (non-hydrogen) atoms. The van der Waals surface area contributed by atoms with Crippen LogP contribution in [-0.4, -0.2) is 24.4 Å². The Kier molecular flexibility index (Phi) is 2.02. The highest BCUT2D eigenvalue weighted by Gasteiger charge is 2.00. The summed E-state index contributed by atoms with van der Waals surface area (Å²) in [5.41, 5.74) is 2.63. The van der Waals surface area contributed by atoms with Crippen LogP contribution in [0.4, 0.5) is 0 Å². The van der Waals surface area contributed by atoms with Crippen LogP contribution in [0.2, 0.25) is 0 Å². The van der Waals surface area contributed by atoms with Crippen molar-refractivity contribution < 1.29 is 9.94 Å². The number of nitrogens with one attached hydrogen (secondary N) is 1. The lowest BCUT2D eigenvalue weighted by atomic mass is 10.3. The lowest BCUT2D eigenvalue weighted by Crippen LogP contribution is -2.17. The second kappa shape index (κ2) is 2.81. The fourth-order valence-electron chi connectivity index (χ4n) is 0.532. The molecule has 0 radical (unpaired) electrons. The Balaban J connectivity index is 2.33. The van der Waals surface area contributed by atoms with E-state index in [0.29, 0.717) is 13.2 Å². The van der Waals surface area contributed by atoms with Gasteiger partial charge in [0.05, 0.1) is 12.7 Å². The molecule has 46 valence electrons. The van der Waals surface area contributed by atoms with Crippen LogP contribution < -0.4 is 5.48 Å². The van der Waals surface area contributed by atoms with Gasteiger partial charge in [-0.05, 0) is 0 Å². The van der Waals surface area contributed by atoms with Crippen molar-refractivity contribution in [3.63, 3.8) is 0 Å². The van der Waals surface area contributed by atoms with Gasteiger partial charge < -0.3 is 5.11 Å². The molecule has 1 rings (SSSR count). The molecule has 1 unspecified atom stereocenters. The van der Waals surface area contributed by atoms with Gasteiger partial charge >= 0.3 is 0 Å². The van der Waals surface area contributed by atoms with Crippen LogP contribution in [0.25, 0.3) is 0 Å². The van der Waals surface area contributed by atoms with E-state index in [9.17, 15) is 0 Å². The summed E-state index contributed by atoms with van der Waals surface area (Å²) in [6.45, 7) is 1.02. The largest absolute Gasteiger partial charge is 0.387 e. The molecule has 0 bridgehead atoms. The molecule has 1 heterocycles. The minimum Gasteiger partial charge on any atom is -0.387 e. The summed E-state index contributed by atoms with van der Waals surface area (Å²) in [6.07, 6.45) is 3.10. The number of aliphatic hydroxyl groups is 1. The van der Waals surface area contributed by atoms with Crippen LogP contribution in [0, 0.1) is 0 Å². The zero-order chi connectivity index (χ0) is 5.82. The first kappa shape index (κ1) is 5.75. The molecule has 1 atom stereocenters. The Morgan fingerprint density at radius 1 is 1.75 bits per heavy atom. The molecule has 0 saturated carbocycles. The van der Waals surface area contributed by atoms with Gasteiger partial charge in [-0.15, -0.1) is 0 Å². The van der Waals surface area contributed by atoms with Crippen molar-refractivity contribution in [3.8, 4) is 0 Å². The van der Waals surface area contributed by atoms with Crippen molar-refractivity contribution in [3.05, 3.63) is 12.2 Å². The standard InChI is InChI=1S/C5H9NO2/c7-5-2-1-3-6-8-4-5/h1-2,5-7H,3-4H2. The summed E-state index contributed by atoms with van der Waals surface area (Å²) in [4.78, 5) is 4.74. The Labute approximate surface area is 47.9 Å². The van der Waals surface area contributed by atoms with Crippen molar-refractivity contribution in [2.24, 2.45) is 0 Å². The van der Waals surface area contributed by atoms with E-state index < -0.39 is 6.10 Å². The Hall–Kier alpha value is -0.380. The van der Waals surface area contributed by atoms with Gasteiger partial charge in [0.15, 0.2) is 0 Å². The maximum Gasteiger partial charge on any atom is 0.0977 e. The monoisotopic (exact) mass is 115 g/mol. The average Bonchev–Trinajstić information content (AvgIpc) is 1.94. The number of rotatable bonds is 0. The fraction of sp³-hybridized carbons (Fsp3) is 0.600. The lowest BCUT2D eigenvalue weighted by molar-refractivity contribution is 0.00677. The van der Waals surface area contributed by atoms with Crippen molar-refractivity contribution in [1.29, 1.82) is 0 Å². The van der Waals surface area contributed by atoms with Gasteiger partial charge in [-0.3, -0.25) is 4.84 Å². The predicted molar refractivity (Wildman–Crippen MR) is 29.1 cm³/mol. The van der Waals surface area contributed by atoms with Crippen LogP contribution in [0.5, 0.6) is 0 Å². The minimum absolute atomic E-state index is 0.344. The number of aliphatic hydroxyl groups excluding tert-OH is 1. The maximum atomic E-state index is 8.84. The molecule has 0 amide bonds. The number of hydrogen-bond donors (Lipinski definition) is 2. The smallest absolute Gasteiger partial charge is 0.0977 e. The molecule has 0 aliphatic carbocycles. The quantitative estimate of drug-likeness (QED) is 0.416. The molecule has 0 spiro atoms. The zero-order valence-corrected chi connectivity index (χ0v) is 4.50. The number of hydrogen-bond acceptors (Lipinski definition) is 3. The van der Waals surface area contributed by atoms with Gasteiger partial charge in [0.25, 0.3) is 0 Å². The fourth-order valence-corrected chi connectivity index (χ4v) is 0.532. The van der Waals surface area contributed by atoms with Crippen LogP contribution in [-0.2, 0) is 4.84 Å². The maximum absolute atomic E-state index is 8.84. The van der Waals surface area contributed by atoms with Crippen LogP contribution in [0.3, 0.4) is 0 Å². The van der Waals surface area contributed by atoms with Gasteiger partial charge in [0.2, 0.25) is 0 Å². The normalized spacial score (nSPS) is 29.9. The second-order valence-corrected chi connectivity index (χ2v) is 1.65. The van der Waals surface area contributed by atoms with E-state index >= 15 is 0 Å². The van der Waals surface area contributed by atoms with E-state index in [1.165, 1.54) is 0 Å². The molecule has 1 aliphatic rings. The van der Waals surface area contributed by atoms with Crippen molar-refractivity contribution in [2.75, 3.05) is 13.2 Å². The van der Waals surface area contributed by atoms with Crippen LogP contribution >= 0.6 is 0 Å². The summed E-state index contributed by atoms with van der Waals surface area (Å²) in [5.74, 6) is 0. The van der Waals surface area contributed by atoms with Gasteiger partial charge in [0, 0.05) is 6.54 Å². The molecule has 0 aromatic heterocycles. The topological polar surface area (TPSA) is 41.5 Å². The first-order chi connectivity index (χ1) is 3.89. The summed E-state index contributed by atoms with van der Waals surface area (Å²) in [6, 6.07) is 0. The third-order valence-corrected chi connectivity index (χ3v) is 0.916. The molecule has 1 aliphatic heterocycles. The van der Waals surface area contributed by atoms with E-state index in [4.69, 9.17) is 9.94 Å². The first-order valence-electron chi connectivity index (χ1n) is 2.59. The third kappa shape index (κ3) is 1.61. The summed E-state index contributed by atoms with van der Waals surface area (Å²) >= 11 is 0. The Bertz CT molecular complexity index is 92.4. The van der Waals surface area contributed by atoms with Gasteiger partial charge in [-0.1, -0.05) is 12.2 Å². The molecular formula is C5H9NO2. The highest BCUT2D eigenvalue weighted by atomic mass is 16.6. The average molecular weight is 115 g/mol. The van der Waals surface area contributed by atoms with Crippen molar-refractivity contribution in [2.45, 2.75) is 6.10 Å². The lowest BCUT2D eigenvalue weighted by Gasteiger charge is -2.00. The third-order valence-electron chi connectivity index (χ3n) is 0.916. The number of hydroxylamine groups is 1. The van der Waals surface area contributed by atoms with E-state index in [1.807, 2.05) is 6.08 Å². The van der Waals surface area contributed by atoms with Crippen molar-refractivity contribution in [1.82, 2.24) is 5.48 Å². The predicted octanol–water partition coefficient (Wildman–Crippen LogP) is -0.562. The molecular weight excluding hydrogens is 106 g/mol. The summed E-state index contributed by atoms with van der Waals surface area (Å²) < 4.78 is 0. The molecule has 2 N–H and O–H groups in total. The zero-order valence-electron chi connectivity index (χ0n) is 4.50. The summed E-state index contributed by atoms with van der Waals surface area (Å²) in [7, 11) is 0. The first-order valence-corrected chi connectivity index (χ1v) is 2.59. The SMILES string of the molecule is OC1C=CCNOC1. The van der Waals surface area contributed by atoms with Gasteiger partial charge in [-0.25, -0.2) is 0 Å². The second-order valence-electron chi connectivity index (χ2n) is 1.65. The van der Waals surface area contributed by atoms with E-state index in [0.717, 1.165) is 0 Å². The minimum atomic E-state index is -0.440. The Morgan fingerprint density at radius 3 is 3.50 bits per heavy atom. The summed E-state index contributed by atoms with van der Waals surface area (Å²) in [5, 5.41) is 8.84. The van der Waals surface area contributed by atoms with Gasteiger partial charge in [0.1, 0.15) is 0 Å². The Morgan fingerprint density at radius 2 is 2.62 bits per heavy atom. The van der Waals surface area contributed by atoms with E-state index in [-0.39, 0.29) is 0 Å². The molecule has 3 heteroatoms. The van der Waals surface area contributed by atoms with Gasteiger partial charge in [-0.2, -0.15) is 5.48 Å². The van der Waals surface area contributed by atoms with E-state index in [1.54, 1.807) is 6.08 Å². The molecule has 3 nitrogen and oxygen atoms in total. The highest BCUT2D eigenvalue weighted by molar-refractivity contribution is 4.90. The molecule has 0 saturated heterocycles. The molecule has 0 aromatic carbocycles.